The number of amides is 1. The Bertz CT molecular complexity index is 613. The smallest absolute Gasteiger partial charge is 0.387 e. The van der Waals surface area contributed by atoms with Crippen LogP contribution in [0, 0.1) is 0 Å². The molecule has 0 aliphatic carbocycles. The van der Waals surface area contributed by atoms with E-state index in [2.05, 4.69) is 20.7 Å². The van der Waals surface area contributed by atoms with E-state index in [1.165, 1.54) is 17.0 Å². The number of benzene rings is 1. The van der Waals surface area contributed by atoms with E-state index >= 15 is 0 Å². The molecule has 0 aliphatic rings. The van der Waals surface area contributed by atoms with Crippen molar-refractivity contribution in [1.29, 1.82) is 0 Å². The van der Waals surface area contributed by atoms with Crippen LogP contribution in [0.1, 0.15) is 16.1 Å². The van der Waals surface area contributed by atoms with E-state index in [1.54, 1.807) is 31.3 Å². The van der Waals surface area contributed by atoms with E-state index in [4.69, 9.17) is 4.42 Å². The third kappa shape index (κ3) is 4.29. The molecule has 0 N–H and O–H groups in total. The monoisotopic (exact) mass is 359 g/mol. The van der Waals surface area contributed by atoms with Crippen molar-refractivity contribution in [3.8, 4) is 5.75 Å². The van der Waals surface area contributed by atoms with Crippen LogP contribution in [-0.4, -0.2) is 24.5 Å². The molecule has 0 unspecified atom stereocenters. The van der Waals surface area contributed by atoms with E-state index < -0.39 is 6.61 Å². The number of carbonyl (C=O) groups excluding carboxylic acids is 1. The third-order valence-electron chi connectivity index (χ3n) is 2.70. The van der Waals surface area contributed by atoms with Crippen LogP contribution in [0.25, 0.3) is 0 Å². The maximum Gasteiger partial charge on any atom is 0.387 e. The van der Waals surface area contributed by atoms with Crippen LogP contribution in [0.4, 0.5) is 8.78 Å². The molecule has 112 valence electrons. The van der Waals surface area contributed by atoms with Crippen LogP contribution in [0.2, 0.25) is 0 Å². The van der Waals surface area contributed by atoms with E-state index in [1.807, 2.05) is 0 Å². The highest BCUT2D eigenvalue weighted by Crippen LogP contribution is 2.18. The average molecular weight is 360 g/mol. The van der Waals surface area contributed by atoms with Gasteiger partial charge in [-0.3, -0.25) is 4.79 Å². The first-order chi connectivity index (χ1) is 9.95. The van der Waals surface area contributed by atoms with Gasteiger partial charge in [0.15, 0.2) is 10.4 Å². The molecule has 0 saturated heterocycles. The Hall–Kier alpha value is -1.89. The number of ether oxygens (including phenoxy) is 1. The fourth-order valence-corrected chi connectivity index (χ4v) is 2.05. The minimum absolute atomic E-state index is 0.0812. The highest BCUT2D eigenvalue weighted by Gasteiger charge is 2.16. The molecule has 2 aromatic rings. The molecule has 0 fully saturated rings. The van der Waals surface area contributed by atoms with Crippen molar-refractivity contribution in [2.75, 3.05) is 7.05 Å². The molecular formula is C14H12BrF2NO3. The summed E-state index contributed by atoms with van der Waals surface area (Å²) in [6.07, 6.45) is 0. The van der Waals surface area contributed by atoms with Crippen molar-refractivity contribution in [2.45, 2.75) is 13.2 Å². The zero-order valence-electron chi connectivity index (χ0n) is 11.1. The lowest BCUT2D eigenvalue weighted by Gasteiger charge is -2.16. The first kappa shape index (κ1) is 15.5. The Morgan fingerprint density at radius 3 is 2.48 bits per heavy atom. The summed E-state index contributed by atoms with van der Waals surface area (Å²) in [5.41, 5.74) is 0.790. The lowest BCUT2D eigenvalue weighted by atomic mass is 10.2. The van der Waals surface area contributed by atoms with Gasteiger partial charge in [0, 0.05) is 13.6 Å². The Kier molecular flexibility index (Phi) is 4.95. The summed E-state index contributed by atoms with van der Waals surface area (Å²) >= 11 is 3.13. The second kappa shape index (κ2) is 6.71. The maximum absolute atomic E-state index is 12.1. The predicted molar refractivity (Wildman–Crippen MR) is 75.3 cm³/mol. The zero-order chi connectivity index (χ0) is 15.4. The number of carbonyl (C=O) groups is 1. The SMILES string of the molecule is CN(Cc1ccc(OC(F)F)cc1)C(=O)c1ccc(Br)o1. The van der Waals surface area contributed by atoms with Crippen molar-refractivity contribution in [1.82, 2.24) is 4.90 Å². The van der Waals surface area contributed by atoms with Gasteiger partial charge in [0.2, 0.25) is 0 Å². The molecule has 2 rings (SSSR count). The highest BCUT2D eigenvalue weighted by atomic mass is 79.9. The number of halogens is 3. The van der Waals surface area contributed by atoms with Gasteiger partial charge in [-0.1, -0.05) is 12.1 Å². The molecule has 0 spiro atoms. The minimum atomic E-state index is -2.85. The van der Waals surface area contributed by atoms with Crippen molar-refractivity contribution >= 4 is 21.8 Å². The molecule has 0 saturated carbocycles. The van der Waals surface area contributed by atoms with Gasteiger partial charge in [-0.25, -0.2) is 0 Å². The number of furan rings is 1. The molecule has 7 heteroatoms. The Labute approximate surface area is 128 Å². The number of alkyl halides is 2. The molecule has 4 nitrogen and oxygen atoms in total. The molecule has 21 heavy (non-hydrogen) atoms. The summed E-state index contributed by atoms with van der Waals surface area (Å²) < 4.78 is 34.0. The van der Waals surface area contributed by atoms with Crippen LogP contribution in [0.3, 0.4) is 0 Å². The van der Waals surface area contributed by atoms with E-state index in [-0.39, 0.29) is 17.4 Å². The molecule has 0 aliphatic heterocycles. The Morgan fingerprint density at radius 1 is 1.29 bits per heavy atom. The number of hydrogen-bond acceptors (Lipinski definition) is 3. The van der Waals surface area contributed by atoms with Crippen molar-refractivity contribution in [3.05, 3.63) is 52.4 Å². The second-order valence-electron chi connectivity index (χ2n) is 4.29. The Balaban J connectivity index is 1.99. The van der Waals surface area contributed by atoms with Gasteiger partial charge in [-0.2, -0.15) is 8.78 Å². The first-order valence-corrected chi connectivity index (χ1v) is 6.79. The van der Waals surface area contributed by atoms with E-state index in [0.29, 0.717) is 11.2 Å². The summed E-state index contributed by atoms with van der Waals surface area (Å²) in [5, 5.41) is 0. The molecule has 1 amide bonds. The lowest BCUT2D eigenvalue weighted by molar-refractivity contribution is -0.0498. The zero-order valence-corrected chi connectivity index (χ0v) is 12.6. The van der Waals surface area contributed by atoms with Crippen LogP contribution in [0.15, 0.2) is 45.5 Å². The van der Waals surface area contributed by atoms with Crippen molar-refractivity contribution < 1.29 is 22.7 Å². The van der Waals surface area contributed by atoms with Gasteiger partial charge in [0.05, 0.1) is 0 Å². The minimum Gasteiger partial charge on any atom is -0.444 e. The first-order valence-electron chi connectivity index (χ1n) is 6.00. The molecule has 1 heterocycles. The standard InChI is InChI=1S/C14H12BrF2NO3/c1-18(13(19)11-6-7-12(15)21-11)8-9-2-4-10(5-3-9)20-14(16)17/h2-7,14H,8H2,1H3. The van der Waals surface area contributed by atoms with Gasteiger partial charge >= 0.3 is 6.61 Å². The van der Waals surface area contributed by atoms with Gasteiger partial charge in [-0.05, 0) is 45.8 Å². The molecule has 1 aromatic heterocycles. The topological polar surface area (TPSA) is 42.7 Å². The predicted octanol–water partition coefficient (Wildman–Crippen LogP) is 3.92. The quantitative estimate of drug-likeness (QED) is 0.812. The van der Waals surface area contributed by atoms with E-state index in [0.717, 1.165) is 5.56 Å². The van der Waals surface area contributed by atoms with Gasteiger partial charge in [0.1, 0.15) is 5.75 Å². The molecular weight excluding hydrogens is 348 g/mol. The Morgan fingerprint density at radius 2 is 1.95 bits per heavy atom. The average Bonchev–Trinajstić information content (AvgIpc) is 2.86. The molecule has 1 aromatic carbocycles. The summed E-state index contributed by atoms with van der Waals surface area (Å²) in [6, 6.07) is 9.33. The molecule has 0 bridgehead atoms. The van der Waals surface area contributed by atoms with E-state index in [9.17, 15) is 13.6 Å². The molecule has 0 radical (unpaired) electrons. The second-order valence-corrected chi connectivity index (χ2v) is 5.07. The summed E-state index contributed by atoms with van der Waals surface area (Å²) in [6.45, 7) is -2.52. The summed E-state index contributed by atoms with van der Waals surface area (Å²) in [7, 11) is 1.63. The summed E-state index contributed by atoms with van der Waals surface area (Å²) in [4.78, 5) is 13.5. The molecule has 0 atom stereocenters. The highest BCUT2D eigenvalue weighted by molar-refractivity contribution is 9.10. The number of rotatable bonds is 5. The summed E-state index contributed by atoms with van der Waals surface area (Å²) in [5.74, 6) is 0.0355. The normalized spacial score (nSPS) is 10.7. The lowest BCUT2D eigenvalue weighted by Crippen LogP contribution is -2.25. The fraction of sp³-hybridized carbons (Fsp3) is 0.214. The van der Waals surface area contributed by atoms with Crippen LogP contribution in [-0.2, 0) is 6.54 Å². The fourth-order valence-electron chi connectivity index (χ4n) is 1.74. The largest absolute Gasteiger partial charge is 0.444 e. The van der Waals surface area contributed by atoms with Gasteiger partial charge in [-0.15, -0.1) is 0 Å². The van der Waals surface area contributed by atoms with Crippen LogP contribution >= 0.6 is 15.9 Å². The third-order valence-corrected chi connectivity index (χ3v) is 3.13. The van der Waals surface area contributed by atoms with Gasteiger partial charge < -0.3 is 14.1 Å². The van der Waals surface area contributed by atoms with Gasteiger partial charge in [0.25, 0.3) is 5.91 Å². The van der Waals surface area contributed by atoms with Crippen molar-refractivity contribution in [3.63, 3.8) is 0 Å². The number of nitrogens with zero attached hydrogens (tertiary/aromatic N) is 1. The number of hydrogen-bond donors (Lipinski definition) is 0. The maximum atomic E-state index is 12.1. The van der Waals surface area contributed by atoms with Crippen LogP contribution < -0.4 is 4.74 Å². The van der Waals surface area contributed by atoms with Crippen molar-refractivity contribution in [2.24, 2.45) is 0 Å². The van der Waals surface area contributed by atoms with Crippen LogP contribution in [0.5, 0.6) is 5.75 Å².